The number of nitrogens with one attached hydrogen (secondary N) is 1. The van der Waals surface area contributed by atoms with E-state index in [1.165, 1.54) is 31.2 Å². The second-order valence-electron chi connectivity index (χ2n) is 8.87. The first-order valence-corrected chi connectivity index (χ1v) is 12.7. The van der Waals surface area contributed by atoms with Gasteiger partial charge in [0.15, 0.2) is 17.6 Å². The minimum absolute atomic E-state index is 0.0111. The molecule has 0 radical (unpaired) electrons. The van der Waals surface area contributed by atoms with Crippen LogP contribution in [0.2, 0.25) is 10.0 Å². The molecule has 3 N–H and O–H groups in total. The maximum atomic E-state index is 13.3. The van der Waals surface area contributed by atoms with Crippen molar-refractivity contribution in [3.05, 3.63) is 57.1 Å². The number of carbonyl (C=O) groups is 2. The standard InChI is InChI=1S/C26H27Cl2F3N2O5/c1-3-6-17-20(34)18(23(32)26(29,30)31)13-19(28)22(17)38-21(15-7-9-16(27)10-8-15)25(36)37-14(2)24(35)33-11-4-5-12-33/h7-10,13-14,21,32,34H,3-6,11-12H2,1-2H3/p+1/t14-,21?/m1/s1. The lowest BCUT2D eigenvalue weighted by molar-refractivity contribution is -0.164. The second kappa shape index (κ2) is 12.3. The van der Waals surface area contributed by atoms with Gasteiger partial charge in [-0.25, -0.2) is 4.79 Å². The first-order chi connectivity index (χ1) is 17.8. The van der Waals surface area contributed by atoms with Crippen LogP contribution in [0.4, 0.5) is 13.2 Å². The maximum Gasteiger partial charge on any atom is 0.433 e. The lowest BCUT2D eigenvalue weighted by Gasteiger charge is -2.25. The van der Waals surface area contributed by atoms with Crippen molar-refractivity contribution < 1.29 is 37.3 Å². The van der Waals surface area contributed by atoms with E-state index in [9.17, 15) is 22.8 Å². The van der Waals surface area contributed by atoms with E-state index >= 15 is 0 Å². The Hall–Kier alpha value is -2.98. The predicted molar refractivity (Wildman–Crippen MR) is 138 cm³/mol. The number of rotatable bonds is 9. The van der Waals surface area contributed by atoms with Gasteiger partial charge in [0, 0.05) is 23.7 Å². The van der Waals surface area contributed by atoms with Crippen molar-refractivity contribution in [2.75, 3.05) is 13.1 Å². The van der Waals surface area contributed by atoms with Gasteiger partial charge in [0.1, 0.15) is 5.56 Å². The number of benzene rings is 2. The molecule has 1 unspecified atom stereocenters. The largest absolute Gasteiger partial charge is 0.593 e. The zero-order valence-electron chi connectivity index (χ0n) is 20.8. The number of hydrogen-bond donors (Lipinski definition) is 1. The Bertz CT molecular complexity index is 1200. The van der Waals surface area contributed by atoms with Crippen LogP contribution in [0.15, 0.2) is 30.3 Å². The van der Waals surface area contributed by atoms with E-state index in [0.717, 1.165) is 18.9 Å². The lowest BCUT2D eigenvalue weighted by Crippen LogP contribution is -2.39. The Balaban J connectivity index is 2.01. The Morgan fingerprint density at radius 1 is 1.16 bits per heavy atom. The van der Waals surface area contributed by atoms with Gasteiger partial charge in [0.2, 0.25) is 6.10 Å². The molecule has 12 heteroatoms. The summed E-state index contributed by atoms with van der Waals surface area (Å²) in [6.07, 6.45) is -5.33. The Kier molecular flexibility index (Phi) is 9.54. The molecule has 0 aromatic heterocycles. The summed E-state index contributed by atoms with van der Waals surface area (Å²) in [7, 11) is 0. The van der Waals surface area contributed by atoms with Gasteiger partial charge in [-0.05, 0) is 44.4 Å². The van der Waals surface area contributed by atoms with Crippen molar-refractivity contribution in [2.45, 2.75) is 57.9 Å². The van der Waals surface area contributed by atoms with E-state index in [4.69, 9.17) is 43.2 Å². The molecular weight excluding hydrogens is 548 g/mol. The zero-order chi connectivity index (χ0) is 28.2. The van der Waals surface area contributed by atoms with E-state index in [2.05, 4.69) is 0 Å². The molecule has 0 spiro atoms. The topological polar surface area (TPSA) is 103 Å². The summed E-state index contributed by atoms with van der Waals surface area (Å²) in [5.74, 6) is -2.02. The zero-order valence-corrected chi connectivity index (χ0v) is 22.3. The quantitative estimate of drug-likeness (QED) is 0.225. The van der Waals surface area contributed by atoms with Crippen LogP contribution < -0.4 is 4.74 Å². The first-order valence-electron chi connectivity index (χ1n) is 12.0. The molecule has 1 amide bonds. The molecule has 0 bridgehead atoms. The van der Waals surface area contributed by atoms with E-state index in [1.807, 2.05) is 0 Å². The molecule has 1 heterocycles. The summed E-state index contributed by atoms with van der Waals surface area (Å²) in [6, 6.07) is 6.86. The number of hydrogen-bond acceptors (Lipinski definition) is 5. The number of alkyl halides is 3. The third-order valence-corrected chi connectivity index (χ3v) is 6.60. The van der Waals surface area contributed by atoms with Gasteiger partial charge >= 0.3 is 12.1 Å². The molecule has 1 aliphatic rings. The minimum Gasteiger partial charge on any atom is -0.593 e. The summed E-state index contributed by atoms with van der Waals surface area (Å²) in [6.45, 7) is 4.33. The average molecular weight is 576 g/mol. The second-order valence-corrected chi connectivity index (χ2v) is 9.72. The van der Waals surface area contributed by atoms with Crippen LogP contribution in [0.5, 0.6) is 11.5 Å². The molecule has 206 valence electrons. The van der Waals surface area contributed by atoms with Crippen molar-refractivity contribution in [3.63, 3.8) is 0 Å². The molecular formula is C26H28Cl2F3N2O5+. The average Bonchev–Trinajstić information content (AvgIpc) is 3.40. The van der Waals surface area contributed by atoms with Crippen molar-refractivity contribution in [1.82, 2.24) is 4.90 Å². The highest BCUT2D eigenvalue weighted by molar-refractivity contribution is 6.33. The highest BCUT2D eigenvalue weighted by Gasteiger charge is 2.40. The fourth-order valence-electron chi connectivity index (χ4n) is 4.14. The van der Waals surface area contributed by atoms with E-state index in [1.54, 1.807) is 11.8 Å². The molecule has 2 aromatic carbocycles. The van der Waals surface area contributed by atoms with Gasteiger partial charge in [-0.15, -0.1) is 0 Å². The molecule has 0 saturated carbocycles. The van der Waals surface area contributed by atoms with Crippen molar-refractivity contribution in [1.29, 1.82) is 5.41 Å². The van der Waals surface area contributed by atoms with E-state index in [-0.39, 0.29) is 34.2 Å². The first kappa shape index (κ1) is 29.6. The number of likely N-dealkylation sites (tertiary alicyclic amines) is 1. The number of nitrogens with zero attached hydrogens (tertiary/aromatic N) is 1. The van der Waals surface area contributed by atoms with Crippen LogP contribution >= 0.6 is 23.2 Å². The van der Waals surface area contributed by atoms with Gasteiger partial charge in [-0.1, -0.05) is 48.7 Å². The van der Waals surface area contributed by atoms with E-state index in [0.29, 0.717) is 24.5 Å². The summed E-state index contributed by atoms with van der Waals surface area (Å²) in [5, 5.41) is 16.0. The number of esters is 1. The highest BCUT2D eigenvalue weighted by Crippen LogP contribution is 2.43. The molecule has 2 aromatic rings. The Morgan fingerprint density at radius 2 is 1.76 bits per heavy atom. The number of amides is 1. The van der Waals surface area contributed by atoms with Gasteiger partial charge in [-0.2, -0.15) is 13.2 Å². The highest BCUT2D eigenvalue weighted by atomic mass is 35.5. The van der Waals surface area contributed by atoms with Crippen LogP contribution in [0.1, 0.15) is 55.9 Å². The fourth-order valence-corrected chi connectivity index (χ4v) is 4.53. The Labute approximate surface area is 227 Å². The molecule has 1 fully saturated rings. The van der Waals surface area contributed by atoms with Crippen LogP contribution in [0.3, 0.4) is 0 Å². The molecule has 0 aliphatic carbocycles. The monoisotopic (exact) mass is 575 g/mol. The van der Waals surface area contributed by atoms with Crippen LogP contribution in [-0.4, -0.2) is 53.0 Å². The number of ether oxygens (including phenoxy) is 2. The smallest absolute Gasteiger partial charge is 0.433 e. The normalized spacial score (nSPS) is 15.2. The van der Waals surface area contributed by atoms with Crippen molar-refractivity contribution in [2.24, 2.45) is 0 Å². The molecule has 1 saturated heterocycles. The molecule has 38 heavy (non-hydrogen) atoms. The third-order valence-electron chi connectivity index (χ3n) is 6.07. The van der Waals surface area contributed by atoms with Crippen LogP contribution in [-0.2, 0) is 20.7 Å². The fraction of sp³-hybridized carbons (Fsp3) is 0.423. The third kappa shape index (κ3) is 6.71. The number of carbonyl (C=O) groups excluding carboxylic acids is 2. The maximum absolute atomic E-state index is 13.3. The van der Waals surface area contributed by atoms with Gasteiger partial charge in [0.25, 0.3) is 11.7 Å². The lowest BCUT2D eigenvalue weighted by atomic mass is 9.99. The summed E-state index contributed by atoms with van der Waals surface area (Å²) < 4.78 is 51.2. The number of halogens is 5. The molecule has 1 aliphatic heterocycles. The SMILES string of the molecule is CCCc1c([OH2+])c(C(=N)C(F)(F)F)cc(Cl)c1OC(C(=O)O[C@H](C)C(=O)N1CCCC1)c1ccc(Cl)cc1. The van der Waals surface area contributed by atoms with Crippen molar-refractivity contribution >= 4 is 40.8 Å². The summed E-state index contributed by atoms with van der Waals surface area (Å²) >= 11 is 12.3. The van der Waals surface area contributed by atoms with E-state index < -0.39 is 41.4 Å². The summed E-state index contributed by atoms with van der Waals surface area (Å²) in [5.41, 5.74) is -2.11. The van der Waals surface area contributed by atoms with Gasteiger partial charge in [-0.3, -0.25) is 10.2 Å². The molecule has 3 rings (SSSR count). The van der Waals surface area contributed by atoms with Gasteiger partial charge in [0.05, 0.1) is 10.6 Å². The Morgan fingerprint density at radius 3 is 2.32 bits per heavy atom. The predicted octanol–water partition coefficient (Wildman–Crippen LogP) is 5.99. The minimum atomic E-state index is -4.99. The molecule has 2 atom stereocenters. The van der Waals surface area contributed by atoms with Crippen LogP contribution in [0.25, 0.3) is 0 Å². The molecule has 7 nitrogen and oxygen atoms in total. The van der Waals surface area contributed by atoms with Crippen molar-refractivity contribution in [3.8, 4) is 11.5 Å². The van der Waals surface area contributed by atoms with Gasteiger partial charge < -0.3 is 19.5 Å². The summed E-state index contributed by atoms with van der Waals surface area (Å²) in [4.78, 5) is 27.6. The van der Waals surface area contributed by atoms with Crippen LogP contribution in [0, 0.1) is 5.41 Å².